The fourth-order valence-corrected chi connectivity index (χ4v) is 2.49. The lowest BCUT2D eigenvalue weighted by molar-refractivity contribution is -0.173. The third kappa shape index (κ3) is 4.12. The monoisotopic (exact) mass is 339 g/mol. The van der Waals surface area contributed by atoms with Gasteiger partial charge in [-0.25, -0.2) is 0 Å². The smallest absolute Gasteiger partial charge is 0.372 e. The summed E-state index contributed by atoms with van der Waals surface area (Å²) in [5, 5.41) is 1.22. The van der Waals surface area contributed by atoms with Gasteiger partial charge in [0.1, 0.15) is 6.61 Å². The van der Waals surface area contributed by atoms with Gasteiger partial charge in [-0.05, 0) is 12.1 Å². The third-order valence-electron chi connectivity index (χ3n) is 2.74. The summed E-state index contributed by atoms with van der Waals surface area (Å²) in [6.45, 7) is -1.68. The maximum Gasteiger partial charge on any atom is 0.411 e. The van der Waals surface area contributed by atoms with Crippen LogP contribution in [0.3, 0.4) is 0 Å². The molecule has 2 aromatic rings. The maximum absolute atomic E-state index is 12.0. The Balaban J connectivity index is 2.07. The molecule has 114 valence electrons. The van der Waals surface area contributed by atoms with E-state index in [1.54, 1.807) is 6.07 Å². The van der Waals surface area contributed by atoms with Gasteiger partial charge in [-0.1, -0.05) is 23.2 Å². The molecule has 2 rings (SSSR count). The highest BCUT2D eigenvalue weighted by Crippen LogP contribution is 2.30. The van der Waals surface area contributed by atoms with Crippen LogP contribution in [0.1, 0.15) is 16.8 Å². The highest BCUT2D eigenvalue weighted by molar-refractivity contribution is 6.39. The minimum Gasteiger partial charge on any atom is -0.372 e. The zero-order valence-electron chi connectivity index (χ0n) is 10.6. The lowest BCUT2D eigenvalue weighted by Gasteiger charge is -2.07. The normalized spacial score (nSPS) is 12.0. The van der Waals surface area contributed by atoms with E-state index in [-0.39, 0.29) is 18.8 Å². The minimum atomic E-state index is -4.40. The Morgan fingerprint density at radius 1 is 1.29 bits per heavy atom. The van der Waals surface area contributed by atoms with Crippen LogP contribution in [0, 0.1) is 0 Å². The van der Waals surface area contributed by atoms with Crippen molar-refractivity contribution in [2.45, 2.75) is 12.6 Å². The summed E-state index contributed by atoms with van der Waals surface area (Å²) in [6, 6.07) is 3.11. The molecule has 0 saturated carbocycles. The Bertz CT molecular complexity index is 667. The molecule has 1 aromatic heterocycles. The van der Waals surface area contributed by atoms with Gasteiger partial charge in [-0.2, -0.15) is 13.2 Å². The zero-order valence-corrected chi connectivity index (χ0v) is 12.1. The second-order valence-electron chi connectivity index (χ2n) is 4.35. The summed E-state index contributed by atoms with van der Waals surface area (Å²) < 4.78 is 40.1. The van der Waals surface area contributed by atoms with Gasteiger partial charge >= 0.3 is 6.18 Å². The molecule has 1 N–H and O–H groups in total. The van der Waals surface area contributed by atoms with Gasteiger partial charge in [-0.3, -0.25) is 4.79 Å². The maximum atomic E-state index is 12.0. The molecule has 0 amide bonds. The third-order valence-corrected chi connectivity index (χ3v) is 3.25. The molecule has 21 heavy (non-hydrogen) atoms. The van der Waals surface area contributed by atoms with Crippen LogP contribution in [0.4, 0.5) is 13.2 Å². The lowest BCUT2D eigenvalue weighted by atomic mass is 10.1. The lowest BCUT2D eigenvalue weighted by Crippen LogP contribution is -2.18. The Morgan fingerprint density at radius 2 is 2.00 bits per heavy atom. The standard InChI is InChI=1S/C13H10Cl2F3NO2/c14-7-3-9(15)12-8(5-19-10(12)4-7)11(20)1-2-21-6-13(16,17)18/h3-5,19H,1-2,6H2. The van der Waals surface area contributed by atoms with Crippen LogP contribution in [0.15, 0.2) is 18.3 Å². The van der Waals surface area contributed by atoms with Gasteiger partial charge in [0.15, 0.2) is 5.78 Å². The average Bonchev–Trinajstić information content (AvgIpc) is 2.77. The van der Waals surface area contributed by atoms with Crippen LogP contribution >= 0.6 is 23.2 Å². The van der Waals surface area contributed by atoms with E-state index in [1.165, 1.54) is 12.3 Å². The number of aromatic nitrogens is 1. The molecular formula is C13H10Cl2F3NO2. The number of nitrogens with one attached hydrogen (secondary N) is 1. The number of ketones is 1. The number of carbonyl (C=O) groups is 1. The number of halogens is 5. The molecule has 0 aliphatic carbocycles. The number of fused-ring (bicyclic) bond motifs is 1. The number of rotatable bonds is 5. The first kappa shape index (κ1) is 16.1. The molecule has 0 fully saturated rings. The van der Waals surface area contributed by atoms with E-state index in [2.05, 4.69) is 9.72 Å². The van der Waals surface area contributed by atoms with E-state index in [0.717, 1.165) is 0 Å². The van der Waals surface area contributed by atoms with Gasteiger partial charge in [0.2, 0.25) is 0 Å². The summed E-state index contributed by atoms with van der Waals surface area (Å²) in [4.78, 5) is 14.9. The molecule has 0 aliphatic rings. The largest absolute Gasteiger partial charge is 0.411 e. The van der Waals surface area contributed by atoms with E-state index in [0.29, 0.717) is 26.5 Å². The number of benzene rings is 1. The first-order valence-electron chi connectivity index (χ1n) is 5.92. The van der Waals surface area contributed by atoms with Gasteiger partial charge < -0.3 is 9.72 Å². The van der Waals surface area contributed by atoms with Crippen LogP contribution in [0.2, 0.25) is 10.0 Å². The molecule has 3 nitrogen and oxygen atoms in total. The zero-order chi connectivity index (χ0) is 15.6. The van der Waals surface area contributed by atoms with Crippen molar-refractivity contribution < 1.29 is 22.7 Å². The topological polar surface area (TPSA) is 42.1 Å². The molecule has 1 heterocycles. The summed E-state index contributed by atoms with van der Waals surface area (Å²) in [5.41, 5.74) is 0.898. The molecule has 0 spiro atoms. The van der Waals surface area contributed by atoms with Crippen LogP contribution in [-0.2, 0) is 4.74 Å². The van der Waals surface area contributed by atoms with E-state index in [4.69, 9.17) is 23.2 Å². The predicted octanol–water partition coefficient (Wildman–Crippen LogP) is 4.63. The van der Waals surface area contributed by atoms with Crippen molar-refractivity contribution in [3.8, 4) is 0 Å². The highest BCUT2D eigenvalue weighted by Gasteiger charge is 2.27. The summed E-state index contributed by atoms with van der Waals surface area (Å²) in [7, 11) is 0. The van der Waals surface area contributed by atoms with Crippen molar-refractivity contribution in [3.05, 3.63) is 33.9 Å². The van der Waals surface area contributed by atoms with Crippen molar-refractivity contribution in [3.63, 3.8) is 0 Å². The Kier molecular flexibility index (Phi) is 4.81. The van der Waals surface area contributed by atoms with Crippen LogP contribution < -0.4 is 0 Å². The van der Waals surface area contributed by atoms with Crippen LogP contribution in [0.25, 0.3) is 10.9 Å². The van der Waals surface area contributed by atoms with E-state index in [9.17, 15) is 18.0 Å². The molecule has 1 aromatic carbocycles. The number of alkyl halides is 3. The molecular weight excluding hydrogens is 330 g/mol. The first-order valence-corrected chi connectivity index (χ1v) is 6.67. The average molecular weight is 340 g/mol. The minimum absolute atomic E-state index is 0.165. The molecule has 0 aliphatic heterocycles. The number of ether oxygens (including phenoxy) is 1. The van der Waals surface area contributed by atoms with Crippen molar-refractivity contribution in [2.24, 2.45) is 0 Å². The van der Waals surface area contributed by atoms with Crippen molar-refractivity contribution >= 4 is 39.9 Å². The van der Waals surface area contributed by atoms with Crippen molar-refractivity contribution in [1.29, 1.82) is 0 Å². The molecule has 0 saturated heterocycles. The second kappa shape index (κ2) is 6.25. The highest BCUT2D eigenvalue weighted by atomic mass is 35.5. The number of Topliss-reactive ketones (excluding diaryl/α,β-unsaturated/α-hetero) is 1. The second-order valence-corrected chi connectivity index (χ2v) is 5.20. The van der Waals surface area contributed by atoms with E-state index >= 15 is 0 Å². The molecule has 0 atom stereocenters. The number of aromatic amines is 1. The SMILES string of the molecule is O=C(CCOCC(F)(F)F)c1c[nH]c2cc(Cl)cc(Cl)c12. The van der Waals surface area contributed by atoms with Gasteiger partial charge in [0.25, 0.3) is 0 Å². The fourth-order valence-electron chi connectivity index (χ4n) is 1.89. The summed E-state index contributed by atoms with van der Waals surface area (Å²) in [5.74, 6) is -0.354. The number of carbonyl (C=O) groups excluding carboxylic acids is 1. The Morgan fingerprint density at radius 3 is 2.67 bits per heavy atom. The predicted molar refractivity (Wildman–Crippen MR) is 74.1 cm³/mol. The fraction of sp³-hybridized carbons (Fsp3) is 0.308. The van der Waals surface area contributed by atoms with Crippen molar-refractivity contribution in [1.82, 2.24) is 4.98 Å². The Labute approximate surface area is 128 Å². The van der Waals surface area contributed by atoms with Crippen LogP contribution in [0.5, 0.6) is 0 Å². The molecule has 8 heteroatoms. The van der Waals surface area contributed by atoms with Crippen LogP contribution in [-0.4, -0.2) is 30.2 Å². The van der Waals surface area contributed by atoms with Gasteiger partial charge in [-0.15, -0.1) is 0 Å². The van der Waals surface area contributed by atoms with Crippen molar-refractivity contribution in [2.75, 3.05) is 13.2 Å². The number of hydrogen-bond acceptors (Lipinski definition) is 2. The van der Waals surface area contributed by atoms with Gasteiger partial charge in [0, 0.05) is 34.1 Å². The molecule has 0 unspecified atom stereocenters. The Hall–Kier alpha value is -1.24. The summed E-state index contributed by atoms with van der Waals surface area (Å²) >= 11 is 11.9. The number of hydrogen-bond donors (Lipinski definition) is 1. The first-order chi connectivity index (χ1) is 9.78. The van der Waals surface area contributed by atoms with E-state index in [1.807, 2.05) is 0 Å². The van der Waals surface area contributed by atoms with E-state index < -0.39 is 12.8 Å². The summed E-state index contributed by atoms with van der Waals surface area (Å²) in [6.07, 6.45) is -3.11. The number of H-pyrrole nitrogens is 1. The molecule has 0 radical (unpaired) electrons. The molecule has 0 bridgehead atoms. The quantitative estimate of drug-likeness (QED) is 0.637. The van der Waals surface area contributed by atoms with Gasteiger partial charge in [0.05, 0.1) is 11.6 Å².